The number of rotatable bonds is 5. The van der Waals surface area contributed by atoms with E-state index in [1.807, 2.05) is 19.1 Å². The predicted octanol–water partition coefficient (Wildman–Crippen LogP) is 3.07. The number of ether oxygens (including phenoxy) is 2. The highest BCUT2D eigenvalue weighted by Gasteiger charge is 2.14. The number of amides is 1. The van der Waals surface area contributed by atoms with Crippen LogP contribution >= 0.6 is 0 Å². The highest BCUT2D eigenvalue weighted by Crippen LogP contribution is 2.27. The molecule has 5 heteroatoms. The molecular weight excluding hydrogens is 292 g/mol. The maximum atomic E-state index is 12.4. The number of benzene rings is 2. The van der Waals surface area contributed by atoms with Crippen LogP contribution in [-0.2, 0) is 0 Å². The first-order valence-electron chi connectivity index (χ1n) is 7.12. The molecule has 0 aliphatic heterocycles. The number of hydrogen-bond donors (Lipinski definition) is 1. The van der Waals surface area contributed by atoms with Crippen molar-refractivity contribution in [3.05, 3.63) is 59.2 Å². The molecule has 0 bridgehead atoms. The summed E-state index contributed by atoms with van der Waals surface area (Å²) >= 11 is 0. The molecule has 0 fully saturated rings. The minimum Gasteiger partial charge on any atom is -0.493 e. The fourth-order valence-corrected chi connectivity index (χ4v) is 2.19. The summed E-state index contributed by atoms with van der Waals surface area (Å²) in [6.45, 7) is 1.89. The van der Waals surface area contributed by atoms with Gasteiger partial charge in [0.2, 0.25) is 0 Å². The van der Waals surface area contributed by atoms with E-state index < -0.39 is 0 Å². The Morgan fingerprint density at radius 3 is 2.30 bits per heavy atom. The molecule has 0 spiro atoms. The molecule has 118 valence electrons. The molecule has 2 aromatic rings. The Morgan fingerprint density at radius 1 is 1.09 bits per heavy atom. The van der Waals surface area contributed by atoms with Crippen molar-refractivity contribution in [3.63, 3.8) is 0 Å². The van der Waals surface area contributed by atoms with Gasteiger partial charge >= 0.3 is 0 Å². The third kappa shape index (κ3) is 3.80. The maximum Gasteiger partial charge on any atom is 0.251 e. The first-order valence-corrected chi connectivity index (χ1v) is 7.12. The van der Waals surface area contributed by atoms with Gasteiger partial charge in [0.15, 0.2) is 11.5 Å². The summed E-state index contributed by atoms with van der Waals surface area (Å²) in [5.41, 5.74) is 2.01. The van der Waals surface area contributed by atoms with Crippen LogP contribution in [0.25, 0.3) is 0 Å². The molecule has 1 unspecified atom stereocenters. The van der Waals surface area contributed by atoms with Crippen LogP contribution < -0.4 is 14.8 Å². The van der Waals surface area contributed by atoms with E-state index in [0.717, 1.165) is 5.56 Å². The van der Waals surface area contributed by atoms with Gasteiger partial charge in [0, 0.05) is 5.56 Å². The Balaban J connectivity index is 2.13. The van der Waals surface area contributed by atoms with E-state index in [2.05, 4.69) is 11.4 Å². The predicted molar refractivity (Wildman–Crippen MR) is 86.6 cm³/mol. The van der Waals surface area contributed by atoms with Crippen molar-refractivity contribution in [3.8, 4) is 17.6 Å². The normalized spacial score (nSPS) is 11.2. The highest BCUT2D eigenvalue weighted by atomic mass is 16.5. The minimum absolute atomic E-state index is 0.177. The van der Waals surface area contributed by atoms with Crippen LogP contribution in [0.4, 0.5) is 0 Å². The SMILES string of the molecule is COc1ccc(C(=O)NC(C)c2ccc(C#N)cc2)cc1OC. The maximum absolute atomic E-state index is 12.4. The quantitative estimate of drug-likeness (QED) is 0.921. The van der Waals surface area contributed by atoms with Crippen molar-refractivity contribution in [1.29, 1.82) is 5.26 Å². The summed E-state index contributed by atoms with van der Waals surface area (Å²) in [4.78, 5) is 12.4. The molecule has 5 nitrogen and oxygen atoms in total. The smallest absolute Gasteiger partial charge is 0.251 e. The zero-order valence-corrected chi connectivity index (χ0v) is 13.3. The van der Waals surface area contributed by atoms with Crippen LogP contribution in [0.1, 0.15) is 34.5 Å². The lowest BCUT2D eigenvalue weighted by Gasteiger charge is -2.15. The molecule has 0 aromatic heterocycles. The van der Waals surface area contributed by atoms with Crippen LogP contribution in [0.2, 0.25) is 0 Å². The summed E-state index contributed by atoms with van der Waals surface area (Å²) in [6, 6.07) is 14.0. The van der Waals surface area contributed by atoms with Gasteiger partial charge in [-0.2, -0.15) is 5.26 Å². The van der Waals surface area contributed by atoms with Crippen molar-refractivity contribution < 1.29 is 14.3 Å². The molecule has 1 atom stereocenters. The minimum atomic E-state index is -0.206. The fourth-order valence-electron chi connectivity index (χ4n) is 2.19. The standard InChI is InChI=1S/C18H18N2O3/c1-12(14-6-4-13(11-19)5-7-14)20-18(21)15-8-9-16(22-2)17(10-15)23-3/h4-10,12H,1-3H3,(H,20,21). The fraction of sp³-hybridized carbons (Fsp3) is 0.222. The van der Waals surface area contributed by atoms with Crippen molar-refractivity contribution in [2.45, 2.75) is 13.0 Å². The van der Waals surface area contributed by atoms with E-state index in [9.17, 15) is 4.79 Å². The summed E-state index contributed by atoms with van der Waals surface area (Å²) in [6.07, 6.45) is 0. The second-order valence-corrected chi connectivity index (χ2v) is 5.00. The van der Waals surface area contributed by atoms with E-state index in [1.54, 1.807) is 37.4 Å². The molecule has 23 heavy (non-hydrogen) atoms. The summed E-state index contributed by atoms with van der Waals surface area (Å²) in [5.74, 6) is 0.873. The first-order chi connectivity index (χ1) is 11.1. The average Bonchev–Trinajstić information content (AvgIpc) is 2.60. The number of methoxy groups -OCH3 is 2. The number of carbonyl (C=O) groups is 1. The first kappa shape index (κ1) is 16.4. The summed E-state index contributed by atoms with van der Waals surface area (Å²) in [7, 11) is 3.07. The summed E-state index contributed by atoms with van der Waals surface area (Å²) in [5, 5.41) is 11.7. The van der Waals surface area contributed by atoms with Crippen molar-refractivity contribution in [2.24, 2.45) is 0 Å². The number of nitriles is 1. The average molecular weight is 310 g/mol. The van der Waals surface area contributed by atoms with E-state index in [-0.39, 0.29) is 11.9 Å². The molecule has 1 N–H and O–H groups in total. The van der Waals surface area contributed by atoms with E-state index in [0.29, 0.717) is 22.6 Å². The Morgan fingerprint density at radius 2 is 1.74 bits per heavy atom. The van der Waals surface area contributed by atoms with Crippen LogP contribution in [0.5, 0.6) is 11.5 Å². The topological polar surface area (TPSA) is 71.3 Å². The van der Waals surface area contributed by atoms with Gasteiger partial charge in [-0.15, -0.1) is 0 Å². The van der Waals surface area contributed by atoms with Gasteiger partial charge in [-0.3, -0.25) is 4.79 Å². The van der Waals surface area contributed by atoms with E-state index in [4.69, 9.17) is 14.7 Å². The Bertz CT molecular complexity index is 733. The zero-order valence-electron chi connectivity index (χ0n) is 13.3. The molecule has 2 aromatic carbocycles. The zero-order chi connectivity index (χ0) is 16.8. The molecule has 0 saturated heterocycles. The van der Waals surface area contributed by atoms with Gasteiger partial charge in [0.05, 0.1) is 31.9 Å². The molecule has 0 radical (unpaired) electrons. The third-order valence-electron chi connectivity index (χ3n) is 3.53. The van der Waals surface area contributed by atoms with Gasteiger partial charge in [-0.25, -0.2) is 0 Å². The lowest BCUT2D eigenvalue weighted by Crippen LogP contribution is -2.26. The van der Waals surface area contributed by atoms with Crippen LogP contribution in [0.3, 0.4) is 0 Å². The molecule has 1 amide bonds. The van der Waals surface area contributed by atoms with Gasteiger partial charge in [0.25, 0.3) is 5.91 Å². The number of nitrogens with zero attached hydrogens (tertiary/aromatic N) is 1. The van der Waals surface area contributed by atoms with Gasteiger partial charge in [-0.1, -0.05) is 12.1 Å². The molecule has 0 aliphatic carbocycles. The van der Waals surface area contributed by atoms with Crippen LogP contribution in [0, 0.1) is 11.3 Å². The second kappa shape index (κ2) is 7.32. The summed E-state index contributed by atoms with van der Waals surface area (Å²) < 4.78 is 10.4. The third-order valence-corrected chi connectivity index (χ3v) is 3.53. The molecule has 0 aliphatic rings. The molecule has 2 rings (SSSR count). The Hall–Kier alpha value is -3.00. The molecule has 0 saturated carbocycles. The number of nitrogens with one attached hydrogen (secondary N) is 1. The molecule has 0 heterocycles. The van der Waals surface area contributed by atoms with Crippen molar-refractivity contribution in [1.82, 2.24) is 5.32 Å². The highest BCUT2D eigenvalue weighted by molar-refractivity contribution is 5.95. The van der Waals surface area contributed by atoms with Crippen LogP contribution in [0.15, 0.2) is 42.5 Å². The Kier molecular flexibility index (Phi) is 5.21. The van der Waals surface area contributed by atoms with E-state index >= 15 is 0 Å². The Labute approximate surface area is 135 Å². The second-order valence-electron chi connectivity index (χ2n) is 5.00. The number of hydrogen-bond acceptors (Lipinski definition) is 4. The van der Waals surface area contributed by atoms with E-state index in [1.165, 1.54) is 7.11 Å². The van der Waals surface area contributed by atoms with Gasteiger partial charge in [0.1, 0.15) is 0 Å². The largest absolute Gasteiger partial charge is 0.493 e. The number of carbonyl (C=O) groups excluding carboxylic acids is 1. The van der Waals surface area contributed by atoms with Gasteiger partial charge in [-0.05, 0) is 42.8 Å². The monoisotopic (exact) mass is 310 g/mol. The van der Waals surface area contributed by atoms with Gasteiger partial charge < -0.3 is 14.8 Å². The lowest BCUT2D eigenvalue weighted by molar-refractivity contribution is 0.0939. The molecular formula is C18H18N2O3. The van der Waals surface area contributed by atoms with Crippen molar-refractivity contribution >= 4 is 5.91 Å². The van der Waals surface area contributed by atoms with Crippen molar-refractivity contribution in [2.75, 3.05) is 14.2 Å². The lowest BCUT2D eigenvalue weighted by atomic mass is 10.1. The van der Waals surface area contributed by atoms with Crippen LogP contribution in [-0.4, -0.2) is 20.1 Å².